The largest absolute Gasteiger partial charge is 0.326 e. The van der Waals surface area contributed by atoms with Crippen LogP contribution in [0.5, 0.6) is 0 Å². The van der Waals surface area contributed by atoms with Crippen LogP contribution in [0.3, 0.4) is 0 Å². The van der Waals surface area contributed by atoms with Crippen molar-refractivity contribution in [1.29, 1.82) is 0 Å². The first-order valence-corrected chi connectivity index (χ1v) is 8.68. The molecule has 1 saturated heterocycles. The number of nitrogens with zero attached hydrogens (tertiary/aromatic N) is 1. The summed E-state index contributed by atoms with van der Waals surface area (Å²) in [4.78, 5) is 26.5. The molecule has 1 N–H and O–H groups in total. The van der Waals surface area contributed by atoms with Crippen LogP contribution in [0.4, 0.5) is 11.4 Å². The van der Waals surface area contributed by atoms with E-state index in [-0.39, 0.29) is 24.2 Å². The van der Waals surface area contributed by atoms with Gasteiger partial charge in [0.1, 0.15) is 0 Å². The molecule has 1 fully saturated rings. The zero-order valence-corrected chi connectivity index (χ0v) is 15.3. The van der Waals surface area contributed by atoms with Gasteiger partial charge >= 0.3 is 0 Å². The maximum Gasteiger partial charge on any atom is 0.229 e. The fourth-order valence-electron chi connectivity index (χ4n) is 2.90. The lowest BCUT2D eigenvalue weighted by Crippen LogP contribution is -2.28. The van der Waals surface area contributed by atoms with Crippen molar-refractivity contribution in [1.82, 2.24) is 0 Å². The van der Waals surface area contributed by atoms with Crippen LogP contribution in [0.1, 0.15) is 17.5 Å². The predicted octanol–water partition coefficient (Wildman–Crippen LogP) is 4.06. The van der Waals surface area contributed by atoms with Crippen LogP contribution in [0.2, 0.25) is 0 Å². The number of carbonyl (C=O) groups is 2. The van der Waals surface area contributed by atoms with Crippen LogP contribution in [0.25, 0.3) is 0 Å². The van der Waals surface area contributed by atoms with E-state index in [4.69, 9.17) is 0 Å². The standard InChI is InChI=1S/C19H19BrN2O2/c1-12-13(2)17(9-8-16(12)20)21-19(24)14-10-18(23)22(11-14)15-6-4-3-5-7-15/h3-9,14H,10-11H2,1-2H3,(H,21,24)/t14-/m0/s1. The normalized spacial score (nSPS) is 17.2. The van der Waals surface area contributed by atoms with E-state index in [1.165, 1.54) is 0 Å². The predicted molar refractivity (Wildman–Crippen MR) is 99.1 cm³/mol. The highest BCUT2D eigenvalue weighted by Crippen LogP contribution is 2.28. The van der Waals surface area contributed by atoms with Crippen molar-refractivity contribution >= 4 is 39.1 Å². The summed E-state index contributed by atoms with van der Waals surface area (Å²) < 4.78 is 1.02. The first-order valence-electron chi connectivity index (χ1n) is 7.89. The van der Waals surface area contributed by atoms with Gasteiger partial charge in [0.25, 0.3) is 0 Å². The van der Waals surface area contributed by atoms with Crippen LogP contribution < -0.4 is 10.2 Å². The summed E-state index contributed by atoms with van der Waals surface area (Å²) in [6, 6.07) is 13.3. The van der Waals surface area contributed by atoms with Crippen molar-refractivity contribution in [2.75, 3.05) is 16.8 Å². The van der Waals surface area contributed by atoms with Crippen molar-refractivity contribution in [2.24, 2.45) is 5.92 Å². The van der Waals surface area contributed by atoms with E-state index in [9.17, 15) is 9.59 Å². The number of nitrogens with one attached hydrogen (secondary N) is 1. The van der Waals surface area contributed by atoms with Gasteiger partial charge in [0.2, 0.25) is 11.8 Å². The van der Waals surface area contributed by atoms with E-state index in [2.05, 4.69) is 21.2 Å². The minimum atomic E-state index is -0.332. The molecule has 0 spiro atoms. The monoisotopic (exact) mass is 386 g/mol. The van der Waals surface area contributed by atoms with Gasteiger partial charge in [-0.25, -0.2) is 0 Å². The Morgan fingerprint density at radius 1 is 1.12 bits per heavy atom. The van der Waals surface area contributed by atoms with Gasteiger partial charge in [-0.2, -0.15) is 0 Å². The van der Waals surface area contributed by atoms with E-state index in [1.807, 2.05) is 56.3 Å². The fourth-order valence-corrected chi connectivity index (χ4v) is 3.33. The number of benzene rings is 2. The SMILES string of the molecule is Cc1c(Br)ccc(NC(=O)[C@H]2CC(=O)N(c3ccccc3)C2)c1C. The molecule has 2 aromatic rings. The summed E-state index contributed by atoms with van der Waals surface area (Å²) in [6.07, 6.45) is 0.245. The van der Waals surface area contributed by atoms with Crippen LogP contribution >= 0.6 is 15.9 Å². The summed E-state index contributed by atoms with van der Waals surface area (Å²) in [7, 11) is 0. The first-order chi connectivity index (χ1) is 11.5. The Kier molecular flexibility index (Phi) is 4.71. The van der Waals surface area contributed by atoms with Gasteiger partial charge in [0, 0.05) is 28.8 Å². The quantitative estimate of drug-likeness (QED) is 0.864. The van der Waals surface area contributed by atoms with Crippen LogP contribution in [-0.2, 0) is 9.59 Å². The molecule has 1 aliphatic heterocycles. The summed E-state index contributed by atoms with van der Waals surface area (Å²) in [5.74, 6) is -0.447. The molecule has 1 aliphatic rings. The summed E-state index contributed by atoms with van der Waals surface area (Å²) in [6.45, 7) is 4.40. The molecule has 0 aromatic heterocycles. The van der Waals surface area contributed by atoms with E-state index < -0.39 is 0 Å². The van der Waals surface area contributed by atoms with Crippen molar-refractivity contribution in [2.45, 2.75) is 20.3 Å². The highest BCUT2D eigenvalue weighted by Gasteiger charge is 2.35. The molecule has 5 heteroatoms. The lowest BCUT2D eigenvalue weighted by molar-refractivity contribution is -0.122. The summed E-state index contributed by atoms with van der Waals surface area (Å²) in [5.41, 5.74) is 3.77. The third kappa shape index (κ3) is 3.22. The fraction of sp³-hybridized carbons (Fsp3) is 0.263. The van der Waals surface area contributed by atoms with Crippen LogP contribution in [0, 0.1) is 19.8 Å². The summed E-state index contributed by atoms with van der Waals surface area (Å²) in [5, 5.41) is 2.97. The van der Waals surface area contributed by atoms with Gasteiger partial charge in [0.15, 0.2) is 0 Å². The summed E-state index contributed by atoms with van der Waals surface area (Å²) >= 11 is 3.49. The highest BCUT2D eigenvalue weighted by atomic mass is 79.9. The van der Waals surface area contributed by atoms with Gasteiger partial charge in [-0.05, 0) is 49.2 Å². The third-order valence-corrected chi connectivity index (χ3v) is 5.40. The van der Waals surface area contributed by atoms with Gasteiger partial charge in [-0.15, -0.1) is 0 Å². The molecule has 2 amide bonds. The van der Waals surface area contributed by atoms with Gasteiger partial charge in [-0.3, -0.25) is 9.59 Å². The number of carbonyl (C=O) groups excluding carboxylic acids is 2. The van der Waals surface area contributed by atoms with E-state index >= 15 is 0 Å². The second-order valence-electron chi connectivity index (χ2n) is 6.08. The Balaban J connectivity index is 1.73. The Morgan fingerprint density at radius 3 is 2.54 bits per heavy atom. The minimum Gasteiger partial charge on any atom is -0.326 e. The minimum absolute atomic E-state index is 0.00920. The lowest BCUT2D eigenvalue weighted by atomic mass is 10.1. The molecule has 0 unspecified atom stereocenters. The number of hydrogen-bond acceptors (Lipinski definition) is 2. The molecule has 0 radical (unpaired) electrons. The molecule has 0 bridgehead atoms. The number of amides is 2. The molecule has 2 aromatic carbocycles. The zero-order chi connectivity index (χ0) is 17.3. The maximum absolute atomic E-state index is 12.6. The molecule has 24 heavy (non-hydrogen) atoms. The van der Waals surface area contributed by atoms with Crippen LogP contribution in [-0.4, -0.2) is 18.4 Å². The molecule has 0 saturated carbocycles. The molecule has 4 nitrogen and oxygen atoms in total. The molecule has 0 aliphatic carbocycles. The topological polar surface area (TPSA) is 49.4 Å². The smallest absolute Gasteiger partial charge is 0.229 e. The van der Waals surface area contributed by atoms with Gasteiger partial charge in [0.05, 0.1) is 5.92 Å². The first kappa shape index (κ1) is 16.7. The Bertz CT molecular complexity index is 789. The van der Waals surface area contributed by atoms with Crippen molar-refractivity contribution < 1.29 is 9.59 Å². The maximum atomic E-state index is 12.6. The van der Waals surface area contributed by atoms with E-state index in [0.29, 0.717) is 6.54 Å². The Morgan fingerprint density at radius 2 is 1.83 bits per heavy atom. The molecule has 124 valence electrons. The highest BCUT2D eigenvalue weighted by molar-refractivity contribution is 9.10. The molecule has 1 heterocycles. The second-order valence-corrected chi connectivity index (χ2v) is 6.93. The molecule has 1 atom stereocenters. The number of rotatable bonds is 3. The number of para-hydroxylation sites is 1. The second kappa shape index (κ2) is 6.77. The Labute approximate surface area is 150 Å². The van der Waals surface area contributed by atoms with Crippen molar-refractivity contribution in [3.05, 3.63) is 58.1 Å². The number of halogens is 1. The van der Waals surface area contributed by atoms with Gasteiger partial charge < -0.3 is 10.2 Å². The van der Waals surface area contributed by atoms with Gasteiger partial charge in [-0.1, -0.05) is 34.1 Å². The van der Waals surface area contributed by atoms with E-state index in [0.717, 1.165) is 27.0 Å². The van der Waals surface area contributed by atoms with Crippen molar-refractivity contribution in [3.8, 4) is 0 Å². The zero-order valence-electron chi connectivity index (χ0n) is 13.7. The molecular formula is C19H19BrN2O2. The van der Waals surface area contributed by atoms with Crippen molar-refractivity contribution in [3.63, 3.8) is 0 Å². The third-order valence-electron chi connectivity index (χ3n) is 4.54. The number of hydrogen-bond donors (Lipinski definition) is 1. The molecule has 3 rings (SSSR count). The average molecular weight is 387 g/mol. The average Bonchev–Trinajstić information content (AvgIpc) is 2.98. The molecular weight excluding hydrogens is 368 g/mol. The number of anilines is 2. The lowest BCUT2D eigenvalue weighted by Gasteiger charge is -2.17. The van der Waals surface area contributed by atoms with E-state index in [1.54, 1.807) is 4.90 Å². The van der Waals surface area contributed by atoms with Crippen LogP contribution in [0.15, 0.2) is 46.9 Å². The Hall–Kier alpha value is -2.14.